The molecule has 0 radical (unpaired) electrons. The van der Waals surface area contributed by atoms with Crippen molar-refractivity contribution in [2.24, 2.45) is 0 Å². The van der Waals surface area contributed by atoms with E-state index in [4.69, 9.17) is 0 Å². The number of aromatic nitrogens is 1. The molecule has 1 rings (SSSR count). The van der Waals surface area contributed by atoms with Crippen molar-refractivity contribution in [3.05, 3.63) is 40.3 Å². The highest BCUT2D eigenvalue weighted by molar-refractivity contribution is 5.45. The van der Waals surface area contributed by atoms with Gasteiger partial charge in [-0.05, 0) is 0 Å². The molecule has 0 aromatic carbocycles. The van der Waals surface area contributed by atoms with Crippen LogP contribution in [0.25, 0.3) is 6.08 Å². The van der Waals surface area contributed by atoms with Crippen molar-refractivity contribution < 1.29 is 13.2 Å². The number of H-pyrrole nitrogens is 1. The van der Waals surface area contributed by atoms with E-state index < -0.39 is 17.3 Å². The molecule has 1 aromatic rings. The lowest BCUT2D eigenvalue weighted by atomic mass is 10.2. The van der Waals surface area contributed by atoms with E-state index in [-0.39, 0.29) is 5.56 Å². The maximum absolute atomic E-state index is 12.0. The summed E-state index contributed by atoms with van der Waals surface area (Å²) in [6.07, 6.45) is -2.34. The maximum Gasteiger partial charge on any atom is 0.431 e. The fourth-order valence-electron chi connectivity index (χ4n) is 0.806. The summed E-state index contributed by atoms with van der Waals surface area (Å²) in [5.41, 5.74) is -1.63. The Labute approximate surface area is 71.7 Å². The van der Waals surface area contributed by atoms with Gasteiger partial charge in [-0.2, -0.15) is 13.2 Å². The molecule has 0 saturated heterocycles. The Morgan fingerprint density at radius 1 is 1.46 bits per heavy atom. The average Bonchev–Trinajstić information content (AvgIpc) is 2.02. The molecule has 2 nitrogen and oxygen atoms in total. The molecule has 0 spiro atoms. The monoisotopic (exact) mass is 189 g/mol. The first-order valence-corrected chi connectivity index (χ1v) is 3.37. The van der Waals surface area contributed by atoms with Crippen molar-refractivity contribution >= 4 is 6.08 Å². The van der Waals surface area contributed by atoms with Crippen LogP contribution in [0.3, 0.4) is 0 Å². The van der Waals surface area contributed by atoms with Gasteiger partial charge in [-0.15, -0.1) is 0 Å². The van der Waals surface area contributed by atoms with E-state index in [1.54, 1.807) is 0 Å². The molecular formula is C8H6F3NO. The number of alkyl halides is 3. The van der Waals surface area contributed by atoms with E-state index in [0.29, 0.717) is 6.07 Å². The Kier molecular flexibility index (Phi) is 2.27. The molecular weight excluding hydrogens is 183 g/mol. The fraction of sp³-hybridized carbons (Fsp3) is 0.125. The predicted molar refractivity (Wildman–Crippen MR) is 42.2 cm³/mol. The highest BCUT2D eigenvalue weighted by atomic mass is 19.4. The fourth-order valence-corrected chi connectivity index (χ4v) is 0.806. The summed E-state index contributed by atoms with van der Waals surface area (Å²) < 4.78 is 36.0. The third kappa shape index (κ3) is 1.99. The van der Waals surface area contributed by atoms with E-state index in [1.807, 2.05) is 4.98 Å². The van der Waals surface area contributed by atoms with Gasteiger partial charge in [-0.25, -0.2) is 0 Å². The Balaban J connectivity index is 3.26. The summed E-state index contributed by atoms with van der Waals surface area (Å²) in [6, 6.07) is 0.511. The Hall–Kier alpha value is -1.52. The van der Waals surface area contributed by atoms with E-state index >= 15 is 0 Å². The van der Waals surface area contributed by atoms with Gasteiger partial charge in [-0.1, -0.05) is 12.7 Å². The molecule has 70 valence electrons. The molecule has 0 aliphatic carbocycles. The molecule has 1 aromatic heterocycles. The zero-order valence-electron chi connectivity index (χ0n) is 6.48. The summed E-state index contributed by atoms with van der Waals surface area (Å²) in [4.78, 5) is 12.9. The van der Waals surface area contributed by atoms with Gasteiger partial charge in [-0.3, -0.25) is 4.79 Å². The molecule has 0 fully saturated rings. The topological polar surface area (TPSA) is 32.9 Å². The predicted octanol–water partition coefficient (Wildman–Crippen LogP) is 2.04. The van der Waals surface area contributed by atoms with E-state index in [9.17, 15) is 18.0 Å². The molecule has 1 N–H and O–H groups in total. The van der Waals surface area contributed by atoms with Gasteiger partial charge < -0.3 is 4.98 Å². The maximum atomic E-state index is 12.0. The second-order valence-electron chi connectivity index (χ2n) is 2.37. The van der Waals surface area contributed by atoms with Crippen LogP contribution in [0.5, 0.6) is 0 Å². The number of rotatable bonds is 1. The Morgan fingerprint density at radius 2 is 2.08 bits per heavy atom. The average molecular weight is 189 g/mol. The molecule has 0 aliphatic heterocycles. The van der Waals surface area contributed by atoms with Crippen LogP contribution in [-0.2, 0) is 6.18 Å². The lowest BCUT2D eigenvalue weighted by molar-refractivity contribution is -0.141. The minimum absolute atomic E-state index is 0.119. The summed E-state index contributed by atoms with van der Waals surface area (Å²) >= 11 is 0. The second-order valence-corrected chi connectivity index (χ2v) is 2.37. The number of halogens is 3. The molecule has 1 heterocycles. The molecule has 0 atom stereocenters. The smallest absolute Gasteiger partial charge is 0.357 e. The normalized spacial score (nSPS) is 11.3. The number of hydrogen-bond acceptors (Lipinski definition) is 1. The van der Waals surface area contributed by atoms with E-state index in [2.05, 4.69) is 6.58 Å². The molecule has 13 heavy (non-hydrogen) atoms. The van der Waals surface area contributed by atoms with Crippen LogP contribution in [0.15, 0.2) is 23.6 Å². The first-order valence-electron chi connectivity index (χ1n) is 3.37. The highest BCUT2D eigenvalue weighted by Gasteiger charge is 2.31. The molecule has 0 bridgehead atoms. The first-order chi connectivity index (χ1) is 5.95. The van der Waals surface area contributed by atoms with Crippen molar-refractivity contribution in [2.75, 3.05) is 0 Å². The molecule has 0 aliphatic rings. The minimum Gasteiger partial charge on any atom is -0.357 e. The third-order valence-electron chi connectivity index (χ3n) is 1.47. The van der Waals surface area contributed by atoms with Gasteiger partial charge in [0.1, 0.15) is 5.69 Å². The van der Waals surface area contributed by atoms with Gasteiger partial charge in [0, 0.05) is 17.8 Å². The van der Waals surface area contributed by atoms with Crippen molar-refractivity contribution in [2.45, 2.75) is 6.18 Å². The zero-order chi connectivity index (χ0) is 10.1. The Bertz CT molecular complexity index is 378. The number of hydrogen-bond donors (Lipinski definition) is 1. The zero-order valence-corrected chi connectivity index (χ0v) is 6.48. The van der Waals surface area contributed by atoms with Crippen molar-refractivity contribution in [3.63, 3.8) is 0 Å². The quantitative estimate of drug-likeness (QED) is 0.720. The van der Waals surface area contributed by atoms with Gasteiger partial charge >= 0.3 is 6.18 Å². The summed E-state index contributed by atoms with van der Waals surface area (Å²) in [6.45, 7) is 3.28. The number of nitrogens with one attached hydrogen (secondary N) is 1. The van der Waals surface area contributed by atoms with E-state index in [1.165, 1.54) is 6.08 Å². The van der Waals surface area contributed by atoms with Crippen molar-refractivity contribution in [3.8, 4) is 0 Å². The summed E-state index contributed by atoms with van der Waals surface area (Å²) in [7, 11) is 0. The second kappa shape index (κ2) is 3.08. The lowest BCUT2D eigenvalue weighted by Crippen LogP contribution is -2.14. The highest BCUT2D eigenvalue weighted by Crippen LogP contribution is 2.26. The standard InChI is InChI=1S/C8H6F3NO/c1-2-5-4-12-7(3-6(5)13)8(9,10)11/h2-4H,1H2,(H,12,13). The summed E-state index contributed by atoms with van der Waals surface area (Å²) in [5.74, 6) is 0. The van der Waals surface area contributed by atoms with Crippen molar-refractivity contribution in [1.82, 2.24) is 4.98 Å². The summed E-state index contributed by atoms with van der Waals surface area (Å²) in [5, 5.41) is 0. The molecule has 0 saturated carbocycles. The Morgan fingerprint density at radius 3 is 2.46 bits per heavy atom. The van der Waals surface area contributed by atoms with Crippen LogP contribution in [0.4, 0.5) is 13.2 Å². The van der Waals surface area contributed by atoms with Crippen molar-refractivity contribution in [1.29, 1.82) is 0 Å². The molecule has 5 heteroatoms. The number of pyridine rings is 1. The van der Waals surface area contributed by atoms with Gasteiger partial charge in [0.15, 0.2) is 5.43 Å². The van der Waals surface area contributed by atoms with Crippen LogP contribution >= 0.6 is 0 Å². The van der Waals surface area contributed by atoms with E-state index in [0.717, 1.165) is 6.20 Å². The van der Waals surface area contributed by atoms with Crippen LogP contribution in [-0.4, -0.2) is 4.98 Å². The van der Waals surface area contributed by atoms with Gasteiger partial charge in [0.2, 0.25) is 0 Å². The van der Waals surface area contributed by atoms with Gasteiger partial charge in [0.25, 0.3) is 0 Å². The third-order valence-corrected chi connectivity index (χ3v) is 1.47. The largest absolute Gasteiger partial charge is 0.431 e. The first kappa shape index (κ1) is 9.57. The van der Waals surface area contributed by atoms with Crippen LogP contribution in [0, 0.1) is 0 Å². The van der Waals surface area contributed by atoms with Crippen LogP contribution in [0.2, 0.25) is 0 Å². The van der Waals surface area contributed by atoms with Gasteiger partial charge in [0.05, 0.1) is 0 Å². The minimum atomic E-state index is -4.52. The van der Waals surface area contributed by atoms with Crippen LogP contribution in [0.1, 0.15) is 11.3 Å². The molecule has 0 amide bonds. The number of aromatic amines is 1. The van der Waals surface area contributed by atoms with Crippen LogP contribution < -0.4 is 5.43 Å². The molecule has 0 unspecified atom stereocenters. The SMILES string of the molecule is C=Cc1c[nH]c(C(F)(F)F)cc1=O. The lowest BCUT2D eigenvalue weighted by Gasteiger charge is -2.05.